The fraction of sp³-hybridized carbons (Fsp3) is 0.812. The summed E-state index contributed by atoms with van der Waals surface area (Å²) in [6, 6.07) is 0.738. The van der Waals surface area contributed by atoms with Crippen molar-refractivity contribution in [1.82, 2.24) is 14.7 Å². The Morgan fingerprint density at radius 1 is 1.50 bits per heavy atom. The maximum Gasteiger partial charge on any atom is 0.252 e. The minimum Gasteiger partial charge on any atom is -0.400 e. The Morgan fingerprint density at radius 2 is 2.23 bits per heavy atom. The van der Waals surface area contributed by atoms with Gasteiger partial charge in [-0.25, -0.2) is 0 Å². The molecule has 0 aromatic heterocycles. The molecule has 2 N–H and O–H groups in total. The molecule has 2 rings (SSSR count). The van der Waals surface area contributed by atoms with Crippen LogP contribution >= 0.6 is 0 Å². The number of carbonyl (C=O) groups excluding carboxylic acids is 1. The molecule has 3 unspecified atom stereocenters. The Hall–Kier alpha value is -1.27. The van der Waals surface area contributed by atoms with Crippen LogP contribution in [0, 0.1) is 0 Å². The lowest BCUT2D eigenvalue weighted by atomic mass is 9.94. The van der Waals surface area contributed by atoms with E-state index >= 15 is 0 Å². The first kappa shape index (κ1) is 17.1. The summed E-state index contributed by atoms with van der Waals surface area (Å²) in [7, 11) is 5.64. The summed E-state index contributed by atoms with van der Waals surface area (Å²) < 4.78 is 5.65. The van der Waals surface area contributed by atoms with Gasteiger partial charge in [-0.15, -0.1) is 0 Å². The molecular weight excluding hydrogens is 280 g/mol. The van der Waals surface area contributed by atoms with Crippen molar-refractivity contribution in [2.24, 2.45) is 5.73 Å². The smallest absolute Gasteiger partial charge is 0.252 e. The average molecular weight is 310 g/mol. The van der Waals surface area contributed by atoms with Gasteiger partial charge < -0.3 is 20.3 Å². The summed E-state index contributed by atoms with van der Waals surface area (Å²) in [5, 5.41) is 0. The lowest BCUT2D eigenvalue weighted by molar-refractivity contribution is -0.147. The van der Waals surface area contributed by atoms with E-state index in [4.69, 9.17) is 10.5 Å². The SMILES string of the molecule is CCCC1CC(N2CCOC(C(=O)N(C)C)C2)C(N)=CN1C. The molecule has 0 bridgehead atoms. The van der Waals surface area contributed by atoms with Crippen LogP contribution in [0.2, 0.25) is 0 Å². The van der Waals surface area contributed by atoms with Gasteiger partial charge in [-0.1, -0.05) is 13.3 Å². The van der Waals surface area contributed by atoms with E-state index in [2.05, 4.69) is 30.0 Å². The number of morpholine rings is 1. The molecule has 1 amide bonds. The molecule has 3 atom stereocenters. The van der Waals surface area contributed by atoms with E-state index in [0.29, 0.717) is 19.2 Å². The van der Waals surface area contributed by atoms with Gasteiger partial charge in [0.05, 0.1) is 12.6 Å². The molecule has 0 aromatic rings. The van der Waals surface area contributed by atoms with Gasteiger partial charge in [-0.05, 0) is 12.8 Å². The number of likely N-dealkylation sites (N-methyl/N-ethyl adjacent to an activating group) is 1. The Bertz CT molecular complexity index is 424. The summed E-state index contributed by atoms with van der Waals surface area (Å²) >= 11 is 0. The first-order valence-corrected chi connectivity index (χ1v) is 8.20. The fourth-order valence-corrected chi connectivity index (χ4v) is 3.39. The van der Waals surface area contributed by atoms with Gasteiger partial charge >= 0.3 is 0 Å². The highest BCUT2D eigenvalue weighted by Gasteiger charge is 2.35. The van der Waals surface area contributed by atoms with Crippen molar-refractivity contribution in [3.63, 3.8) is 0 Å². The molecule has 2 aliphatic rings. The molecule has 1 saturated heterocycles. The molecule has 0 radical (unpaired) electrons. The number of ether oxygens (including phenoxy) is 1. The van der Waals surface area contributed by atoms with Gasteiger partial charge in [-0.2, -0.15) is 0 Å². The van der Waals surface area contributed by atoms with Crippen LogP contribution < -0.4 is 5.73 Å². The summed E-state index contributed by atoms with van der Waals surface area (Å²) in [4.78, 5) is 18.3. The molecule has 0 aliphatic carbocycles. The normalized spacial score (nSPS) is 30.1. The first-order chi connectivity index (χ1) is 10.4. The molecule has 0 saturated carbocycles. The lowest BCUT2D eigenvalue weighted by Gasteiger charge is -2.44. The highest BCUT2D eigenvalue weighted by Crippen LogP contribution is 2.26. The second-order valence-electron chi connectivity index (χ2n) is 6.58. The predicted molar refractivity (Wildman–Crippen MR) is 87.1 cm³/mol. The Morgan fingerprint density at radius 3 is 2.86 bits per heavy atom. The van der Waals surface area contributed by atoms with Gasteiger partial charge in [0.15, 0.2) is 0 Å². The van der Waals surface area contributed by atoms with Crippen LogP contribution in [0.4, 0.5) is 0 Å². The molecule has 6 heteroatoms. The van der Waals surface area contributed by atoms with Crippen molar-refractivity contribution in [3.05, 3.63) is 11.9 Å². The van der Waals surface area contributed by atoms with E-state index in [0.717, 1.165) is 18.7 Å². The first-order valence-electron chi connectivity index (χ1n) is 8.20. The van der Waals surface area contributed by atoms with Crippen molar-refractivity contribution in [2.75, 3.05) is 40.8 Å². The summed E-state index contributed by atoms with van der Waals surface area (Å²) in [6.07, 6.45) is 5.05. The zero-order valence-corrected chi connectivity index (χ0v) is 14.3. The number of nitrogens with two attached hydrogens (primary N) is 1. The van der Waals surface area contributed by atoms with Gasteiger partial charge in [0, 0.05) is 52.2 Å². The van der Waals surface area contributed by atoms with Crippen molar-refractivity contribution in [3.8, 4) is 0 Å². The third-order valence-electron chi connectivity index (χ3n) is 4.69. The Balaban J connectivity index is 2.06. The summed E-state index contributed by atoms with van der Waals surface area (Å²) in [5.41, 5.74) is 7.18. The van der Waals surface area contributed by atoms with Gasteiger partial charge in [0.2, 0.25) is 0 Å². The second-order valence-corrected chi connectivity index (χ2v) is 6.58. The molecule has 126 valence electrons. The van der Waals surface area contributed by atoms with E-state index in [1.165, 1.54) is 12.8 Å². The fourth-order valence-electron chi connectivity index (χ4n) is 3.39. The van der Waals surface area contributed by atoms with E-state index < -0.39 is 0 Å². The zero-order valence-electron chi connectivity index (χ0n) is 14.3. The molecule has 1 fully saturated rings. The monoisotopic (exact) mass is 310 g/mol. The standard InChI is InChI=1S/C16H30N4O2/c1-5-6-12-9-14(13(17)10-19(12)4)20-7-8-22-15(11-20)16(21)18(2)3/h10,12,14-15H,5-9,11,17H2,1-4H3. The van der Waals surface area contributed by atoms with Crippen LogP contribution in [0.15, 0.2) is 11.9 Å². The molecule has 2 heterocycles. The maximum absolute atomic E-state index is 12.1. The van der Waals surface area contributed by atoms with Crippen LogP contribution in [-0.4, -0.2) is 79.6 Å². The zero-order chi connectivity index (χ0) is 16.3. The van der Waals surface area contributed by atoms with Crippen LogP contribution in [0.1, 0.15) is 26.2 Å². The number of carbonyl (C=O) groups is 1. The van der Waals surface area contributed by atoms with Crippen LogP contribution in [0.25, 0.3) is 0 Å². The summed E-state index contributed by atoms with van der Waals surface area (Å²) in [6.45, 7) is 4.26. The van der Waals surface area contributed by atoms with E-state index in [1.54, 1.807) is 19.0 Å². The van der Waals surface area contributed by atoms with Crippen molar-refractivity contribution >= 4 is 5.91 Å². The number of hydrogen-bond acceptors (Lipinski definition) is 5. The quantitative estimate of drug-likeness (QED) is 0.817. The maximum atomic E-state index is 12.1. The molecule has 0 aromatic carbocycles. The van der Waals surface area contributed by atoms with E-state index in [-0.39, 0.29) is 18.1 Å². The van der Waals surface area contributed by atoms with Crippen LogP contribution in [-0.2, 0) is 9.53 Å². The van der Waals surface area contributed by atoms with Crippen molar-refractivity contribution < 1.29 is 9.53 Å². The largest absolute Gasteiger partial charge is 0.400 e. The van der Waals surface area contributed by atoms with Gasteiger partial charge in [-0.3, -0.25) is 9.69 Å². The van der Waals surface area contributed by atoms with Crippen LogP contribution in [0.5, 0.6) is 0 Å². The second kappa shape index (κ2) is 7.33. The summed E-state index contributed by atoms with van der Waals surface area (Å²) in [5.74, 6) is 0.0327. The van der Waals surface area contributed by atoms with Gasteiger partial charge in [0.25, 0.3) is 5.91 Å². The number of rotatable bonds is 4. The van der Waals surface area contributed by atoms with Crippen molar-refractivity contribution in [1.29, 1.82) is 0 Å². The number of hydrogen-bond donors (Lipinski definition) is 1. The molecule has 0 spiro atoms. The molecule has 6 nitrogen and oxygen atoms in total. The number of amides is 1. The van der Waals surface area contributed by atoms with E-state index in [1.807, 2.05) is 0 Å². The molecular formula is C16H30N4O2. The highest BCUT2D eigenvalue weighted by atomic mass is 16.5. The molecule has 2 aliphatic heterocycles. The average Bonchev–Trinajstić information content (AvgIpc) is 2.49. The topological polar surface area (TPSA) is 62.0 Å². The molecule has 22 heavy (non-hydrogen) atoms. The van der Waals surface area contributed by atoms with Crippen molar-refractivity contribution in [2.45, 2.75) is 44.4 Å². The predicted octanol–water partition coefficient (Wildman–Crippen LogP) is 0.448. The third kappa shape index (κ3) is 3.73. The van der Waals surface area contributed by atoms with Crippen LogP contribution in [0.3, 0.4) is 0 Å². The third-order valence-corrected chi connectivity index (χ3v) is 4.69. The minimum absolute atomic E-state index is 0.0327. The lowest BCUT2D eigenvalue weighted by Crippen LogP contribution is -2.56. The Labute approximate surface area is 133 Å². The number of nitrogens with zero attached hydrogens (tertiary/aromatic N) is 3. The van der Waals surface area contributed by atoms with E-state index in [9.17, 15) is 4.79 Å². The Kier molecular flexibility index (Phi) is 5.69. The minimum atomic E-state index is -0.374. The van der Waals surface area contributed by atoms with Gasteiger partial charge in [0.1, 0.15) is 6.10 Å². The highest BCUT2D eigenvalue weighted by molar-refractivity contribution is 5.80.